The number of hydrogen-bond acceptors (Lipinski definition) is 4. The molecule has 1 aromatic carbocycles. The molecule has 3 rings (SSSR count). The van der Waals surface area contributed by atoms with Gasteiger partial charge in [-0.1, -0.05) is 0 Å². The molecule has 7 heteroatoms. The topological polar surface area (TPSA) is 81.8 Å². The molecule has 0 saturated carbocycles. The number of hydrogen-bond donors (Lipinski definition) is 1. The minimum atomic E-state index is -0.303. The molecule has 0 unspecified atom stereocenters. The van der Waals surface area contributed by atoms with Crippen LogP contribution in [0.5, 0.6) is 0 Å². The number of carbonyl (C=O) groups is 2. The lowest BCUT2D eigenvalue weighted by molar-refractivity contribution is 0.101. The van der Waals surface area contributed by atoms with E-state index in [4.69, 9.17) is 0 Å². The van der Waals surface area contributed by atoms with Crippen molar-refractivity contribution in [3.8, 4) is 0 Å². The second-order valence-corrected chi connectivity index (χ2v) is 5.90. The molecule has 1 amide bonds. The highest BCUT2D eigenvalue weighted by atomic mass is 16.2. The van der Waals surface area contributed by atoms with Gasteiger partial charge in [-0.05, 0) is 57.2 Å². The van der Waals surface area contributed by atoms with Crippen molar-refractivity contribution in [1.29, 1.82) is 0 Å². The number of ketones is 1. The van der Waals surface area contributed by atoms with Crippen LogP contribution in [0.15, 0.2) is 42.6 Å². The highest BCUT2D eigenvalue weighted by Gasteiger charge is 2.11. The molecule has 128 valence electrons. The van der Waals surface area contributed by atoms with Gasteiger partial charge in [-0.25, -0.2) is 4.68 Å². The van der Waals surface area contributed by atoms with Gasteiger partial charge in [-0.3, -0.25) is 14.3 Å². The van der Waals surface area contributed by atoms with Crippen molar-refractivity contribution < 1.29 is 9.59 Å². The summed E-state index contributed by atoms with van der Waals surface area (Å²) in [5, 5.41) is 11.4. The van der Waals surface area contributed by atoms with Gasteiger partial charge in [0, 0.05) is 23.1 Å². The Morgan fingerprint density at radius 1 is 1.08 bits per heavy atom. The first-order valence-corrected chi connectivity index (χ1v) is 7.89. The maximum absolute atomic E-state index is 12.3. The SMILES string of the molecule is CC(=O)c1ccc(NC(=O)c2ccn(Cn3nc(C)cc3C)n2)cc1. The van der Waals surface area contributed by atoms with E-state index < -0.39 is 0 Å². The number of rotatable bonds is 5. The van der Waals surface area contributed by atoms with E-state index in [1.165, 1.54) is 6.92 Å². The van der Waals surface area contributed by atoms with Crippen molar-refractivity contribution in [2.24, 2.45) is 0 Å². The molecular weight excluding hydrogens is 318 g/mol. The van der Waals surface area contributed by atoms with Gasteiger partial charge in [0.25, 0.3) is 5.91 Å². The lowest BCUT2D eigenvalue weighted by atomic mass is 10.1. The van der Waals surface area contributed by atoms with Gasteiger partial charge in [0.05, 0.1) is 5.69 Å². The molecule has 0 fully saturated rings. The van der Waals surface area contributed by atoms with E-state index in [-0.39, 0.29) is 11.7 Å². The average molecular weight is 337 g/mol. The van der Waals surface area contributed by atoms with E-state index in [2.05, 4.69) is 15.5 Å². The highest BCUT2D eigenvalue weighted by molar-refractivity contribution is 6.03. The van der Waals surface area contributed by atoms with Gasteiger partial charge >= 0.3 is 0 Å². The Kier molecular flexibility index (Phi) is 4.47. The summed E-state index contributed by atoms with van der Waals surface area (Å²) in [6.07, 6.45) is 1.74. The number of benzene rings is 1. The summed E-state index contributed by atoms with van der Waals surface area (Å²) in [6, 6.07) is 10.4. The van der Waals surface area contributed by atoms with E-state index in [0.717, 1.165) is 11.4 Å². The Hall–Kier alpha value is -3.22. The largest absolute Gasteiger partial charge is 0.321 e. The number of carbonyl (C=O) groups excluding carboxylic acids is 2. The minimum Gasteiger partial charge on any atom is -0.321 e. The highest BCUT2D eigenvalue weighted by Crippen LogP contribution is 2.11. The predicted molar refractivity (Wildman–Crippen MR) is 93.7 cm³/mol. The molecule has 1 N–H and O–H groups in total. The molecule has 2 heterocycles. The minimum absolute atomic E-state index is 0.0132. The van der Waals surface area contributed by atoms with E-state index >= 15 is 0 Å². The first-order chi connectivity index (χ1) is 11.9. The van der Waals surface area contributed by atoms with E-state index in [9.17, 15) is 9.59 Å². The summed E-state index contributed by atoms with van der Waals surface area (Å²) in [6.45, 7) is 5.86. The maximum Gasteiger partial charge on any atom is 0.276 e. The quantitative estimate of drug-likeness (QED) is 0.726. The zero-order chi connectivity index (χ0) is 18.0. The molecular formula is C18H19N5O2. The fraction of sp³-hybridized carbons (Fsp3) is 0.222. The third kappa shape index (κ3) is 3.82. The van der Waals surface area contributed by atoms with Crippen LogP contribution in [-0.2, 0) is 6.67 Å². The number of Topliss-reactive ketones (excluding diaryl/α,β-unsaturated/α-hetero) is 1. The standard InChI is InChI=1S/C18H19N5O2/c1-12-10-13(2)23(20-12)11-22-9-8-17(21-22)18(25)19-16-6-4-15(5-7-16)14(3)24/h4-10H,11H2,1-3H3,(H,19,25). The zero-order valence-electron chi connectivity index (χ0n) is 14.4. The molecule has 0 bridgehead atoms. The predicted octanol–water partition coefficient (Wildman–Crippen LogP) is 2.66. The fourth-order valence-electron chi connectivity index (χ4n) is 2.50. The van der Waals surface area contributed by atoms with Crippen molar-refractivity contribution in [2.45, 2.75) is 27.4 Å². The third-order valence-electron chi connectivity index (χ3n) is 3.80. The van der Waals surface area contributed by atoms with Crippen molar-refractivity contribution in [1.82, 2.24) is 19.6 Å². The molecule has 7 nitrogen and oxygen atoms in total. The molecule has 0 aliphatic rings. The smallest absolute Gasteiger partial charge is 0.276 e. The van der Waals surface area contributed by atoms with Crippen molar-refractivity contribution in [3.05, 3.63) is 65.2 Å². The van der Waals surface area contributed by atoms with Crippen LogP contribution in [0, 0.1) is 13.8 Å². The number of amides is 1. The van der Waals surface area contributed by atoms with Crippen LogP contribution in [0.4, 0.5) is 5.69 Å². The molecule has 0 atom stereocenters. The van der Waals surface area contributed by atoms with Gasteiger partial charge < -0.3 is 5.32 Å². The van der Waals surface area contributed by atoms with Gasteiger partial charge in [0.1, 0.15) is 6.67 Å². The number of nitrogens with zero attached hydrogens (tertiary/aromatic N) is 4. The zero-order valence-corrected chi connectivity index (χ0v) is 14.4. The first-order valence-electron chi connectivity index (χ1n) is 7.89. The summed E-state index contributed by atoms with van der Waals surface area (Å²) < 4.78 is 3.48. The molecule has 0 radical (unpaired) electrons. The summed E-state index contributed by atoms with van der Waals surface area (Å²) >= 11 is 0. The van der Waals surface area contributed by atoms with E-state index in [1.807, 2.05) is 24.6 Å². The number of nitrogens with one attached hydrogen (secondary N) is 1. The van der Waals surface area contributed by atoms with Gasteiger partial charge in [-0.15, -0.1) is 0 Å². The number of anilines is 1. The lowest BCUT2D eigenvalue weighted by Gasteiger charge is -2.05. The Balaban J connectivity index is 1.68. The van der Waals surface area contributed by atoms with Crippen molar-refractivity contribution in [2.75, 3.05) is 5.32 Å². The van der Waals surface area contributed by atoms with Crippen LogP contribution in [-0.4, -0.2) is 31.3 Å². The van der Waals surface area contributed by atoms with E-state index in [0.29, 0.717) is 23.6 Å². The van der Waals surface area contributed by atoms with Crippen LogP contribution >= 0.6 is 0 Å². The Bertz CT molecular complexity index is 921. The van der Waals surface area contributed by atoms with Gasteiger partial charge in [0.2, 0.25) is 0 Å². The van der Waals surface area contributed by atoms with Crippen LogP contribution in [0.3, 0.4) is 0 Å². The van der Waals surface area contributed by atoms with Gasteiger partial charge in [0.15, 0.2) is 11.5 Å². The molecule has 2 aromatic heterocycles. The fourth-order valence-corrected chi connectivity index (χ4v) is 2.50. The van der Waals surface area contributed by atoms with Crippen LogP contribution in [0.1, 0.15) is 39.2 Å². The second-order valence-electron chi connectivity index (χ2n) is 5.90. The van der Waals surface area contributed by atoms with Crippen LogP contribution in [0.25, 0.3) is 0 Å². The molecule has 0 saturated heterocycles. The summed E-state index contributed by atoms with van der Waals surface area (Å²) in [5.41, 5.74) is 3.51. The first kappa shape index (κ1) is 16.6. The summed E-state index contributed by atoms with van der Waals surface area (Å²) in [4.78, 5) is 23.6. The van der Waals surface area contributed by atoms with Gasteiger partial charge in [-0.2, -0.15) is 10.2 Å². The Morgan fingerprint density at radius 3 is 2.40 bits per heavy atom. The third-order valence-corrected chi connectivity index (χ3v) is 3.80. The Labute approximate surface area is 145 Å². The second kappa shape index (κ2) is 6.72. The van der Waals surface area contributed by atoms with Crippen LogP contribution < -0.4 is 5.32 Å². The Morgan fingerprint density at radius 2 is 1.80 bits per heavy atom. The monoisotopic (exact) mass is 337 g/mol. The van der Waals surface area contributed by atoms with Crippen molar-refractivity contribution in [3.63, 3.8) is 0 Å². The summed E-state index contributed by atoms with van der Waals surface area (Å²) in [5.74, 6) is -0.316. The summed E-state index contributed by atoms with van der Waals surface area (Å²) in [7, 11) is 0. The lowest BCUT2D eigenvalue weighted by Crippen LogP contribution is -2.15. The normalized spacial score (nSPS) is 10.7. The van der Waals surface area contributed by atoms with Crippen molar-refractivity contribution >= 4 is 17.4 Å². The molecule has 0 aliphatic heterocycles. The average Bonchev–Trinajstić information content (AvgIpc) is 3.15. The molecule has 25 heavy (non-hydrogen) atoms. The number of aromatic nitrogens is 4. The number of aryl methyl sites for hydroxylation is 2. The maximum atomic E-state index is 12.3. The van der Waals surface area contributed by atoms with E-state index in [1.54, 1.807) is 41.2 Å². The molecule has 0 spiro atoms. The molecule has 0 aliphatic carbocycles. The molecule has 3 aromatic rings. The van der Waals surface area contributed by atoms with Crippen LogP contribution in [0.2, 0.25) is 0 Å².